The minimum absolute atomic E-state index is 0.176. The van der Waals surface area contributed by atoms with Crippen molar-refractivity contribution < 1.29 is 4.79 Å². The largest absolute Gasteiger partial charge is 0.322 e. The van der Waals surface area contributed by atoms with E-state index in [2.05, 4.69) is 5.32 Å². The van der Waals surface area contributed by atoms with Crippen molar-refractivity contribution >= 4 is 46.3 Å². The summed E-state index contributed by atoms with van der Waals surface area (Å²) in [5.74, 6) is 0. The summed E-state index contributed by atoms with van der Waals surface area (Å²) in [4.78, 5) is 15.0. The first-order chi connectivity index (χ1) is 9.60. The third-order valence-electron chi connectivity index (χ3n) is 2.76. The summed E-state index contributed by atoms with van der Waals surface area (Å²) < 4.78 is 0.725. The number of amides is 2. The van der Waals surface area contributed by atoms with Crippen LogP contribution in [0.3, 0.4) is 0 Å². The summed E-state index contributed by atoms with van der Waals surface area (Å²) >= 11 is 13.4. The molecule has 0 aliphatic rings. The number of thiophene rings is 1. The molecular formula is C14H14Cl2N2OS. The third-order valence-corrected chi connectivity index (χ3v) is 4.31. The number of urea groups is 1. The van der Waals surface area contributed by atoms with Crippen molar-refractivity contribution in [1.29, 1.82) is 0 Å². The van der Waals surface area contributed by atoms with Gasteiger partial charge in [-0.3, -0.25) is 0 Å². The Morgan fingerprint density at radius 2 is 2.00 bits per heavy atom. The predicted molar refractivity (Wildman–Crippen MR) is 85.9 cm³/mol. The molecule has 0 unspecified atom stereocenters. The van der Waals surface area contributed by atoms with Crippen LogP contribution in [0.1, 0.15) is 11.8 Å². The van der Waals surface area contributed by atoms with E-state index in [9.17, 15) is 4.79 Å². The molecule has 20 heavy (non-hydrogen) atoms. The fourth-order valence-corrected chi connectivity index (χ4v) is 3.00. The van der Waals surface area contributed by atoms with Crippen LogP contribution in [0.15, 0.2) is 36.4 Å². The number of para-hydroxylation sites is 1. The van der Waals surface area contributed by atoms with E-state index in [1.807, 2.05) is 31.2 Å². The molecule has 0 atom stereocenters. The number of carbonyl (C=O) groups excluding carboxylic acids is 1. The van der Waals surface area contributed by atoms with Crippen LogP contribution < -0.4 is 5.32 Å². The molecule has 0 fully saturated rings. The number of benzene rings is 1. The van der Waals surface area contributed by atoms with Crippen LogP contribution in [0.2, 0.25) is 9.36 Å². The second-order valence-electron chi connectivity index (χ2n) is 4.13. The minimum atomic E-state index is -0.176. The number of hydrogen-bond acceptors (Lipinski definition) is 2. The third kappa shape index (κ3) is 3.88. The lowest BCUT2D eigenvalue weighted by molar-refractivity contribution is 0.212. The fourth-order valence-electron chi connectivity index (χ4n) is 1.71. The quantitative estimate of drug-likeness (QED) is 0.831. The molecule has 1 aromatic heterocycles. The maximum Gasteiger partial charge on any atom is 0.322 e. The molecule has 6 heteroatoms. The van der Waals surface area contributed by atoms with E-state index < -0.39 is 0 Å². The van der Waals surface area contributed by atoms with Crippen LogP contribution in [0.4, 0.5) is 10.5 Å². The summed E-state index contributed by atoms with van der Waals surface area (Å²) in [5.41, 5.74) is 0.613. The lowest BCUT2D eigenvalue weighted by atomic mass is 10.3. The van der Waals surface area contributed by atoms with E-state index in [1.54, 1.807) is 17.0 Å². The number of halogens is 2. The minimum Gasteiger partial charge on any atom is -0.320 e. The number of nitrogens with one attached hydrogen (secondary N) is 1. The van der Waals surface area contributed by atoms with Gasteiger partial charge in [-0.05, 0) is 31.2 Å². The van der Waals surface area contributed by atoms with Crippen LogP contribution in [-0.4, -0.2) is 17.5 Å². The molecule has 1 heterocycles. The van der Waals surface area contributed by atoms with Gasteiger partial charge in [-0.1, -0.05) is 35.3 Å². The van der Waals surface area contributed by atoms with Crippen molar-refractivity contribution in [3.63, 3.8) is 0 Å². The molecule has 0 aliphatic heterocycles. The molecule has 2 aromatic rings. The Bertz CT molecular complexity index is 600. The van der Waals surface area contributed by atoms with Gasteiger partial charge in [0.05, 0.1) is 21.6 Å². The first-order valence-corrected chi connectivity index (χ1v) is 7.72. The summed E-state index contributed by atoms with van der Waals surface area (Å²) in [7, 11) is 0. The second-order valence-corrected chi connectivity index (χ2v) is 6.34. The molecule has 0 aliphatic carbocycles. The van der Waals surface area contributed by atoms with Gasteiger partial charge in [0.2, 0.25) is 0 Å². The summed E-state index contributed by atoms with van der Waals surface area (Å²) in [6.07, 6.45) is 0. The van der Waals surface area contributed by atoms with Gasteiger partial charge in [-0.15, -0.1) is 11.3 Å². The Morgan fingerprint density at radius 3 is 2.60 bits per heavy atom. The van der Waals surface area contributed by atoms with Crippen molar-refractivity contribution in [2.75, 3.05) is 11.9 Å². The standard InChI is InChI=1S/C14H14Cl2N2OS/c1-2-18(9-10-7-8-13(16)20-10)14(19)17-12-6-4-3-5-11(12)15/h3-8H,2,9H2,1H3,(H,17,19). The van der Waals surface area contributed by atoms with Crippen molar-refractivity contribution in [3.8, 4) is 0 Å². The maximum atomic E-state index is 12.2. The van der Waals surface area contributed by atoms with Crippen molar-refractivity contribution in [2.45, 2.75) is 13.5 Å². The molecular weight excluding hydrogens is 315 g/mol. The van der Waals surface area contributed by atoms with E-state index in [0.29, 0.717) is 23.8 Å². The highest BCUT2D eigenvalue weighted by molar-refractivity contribution is 7.16. The Balaban J connectivity index is 2.04. The molecule has 0 saturated carbocycles. The number of carbonyl (C=O) groups is 1. The lowest BCUT2D eigenvalue weighted by Gasteiger charge is -2.21. The highest BCUT2D eigenvalue weighted by Crippen LogP contribution is 2.24. The van der Waals surface area contributed by atoms with Gasteiger partial charge in [-0.25, -0.2) is 4.79 Å². The van der Waals surface area contributed by atoms with Gasteiger partial charge >= 0.3 is 6.03 Å². The van der Waals surface area contributed by atoms with Crippen LogP contribution in [0.25, 0.3) is 0 Å². The van der Waals surface area contributed by atoms with E-state index in [4.69, 9.17) is 23.2 Å². The predicted octanol–water partition coefficient (Wildman–Crippen LogP) is 5.11. The highest BCUT2D eigenvalue weighted by atomic mass is 35.5. The molecule has 0 spiro atoms. The van der Waals surface area contributed by atoms with E-state index in [0.717, 1.165) is 9.21 Å². The zero-order valence-corrected chi connectivity index (χ0v) is 13.2. The van der Waals surface area contributed by atoms with Gasteiger partial charge in [0.1, 0.15) is 0 Å². The van der Waals surface area contributed by atoms with Crippen LogP contribution in [0.5, 0.6) is 0 Å². The zero-order valence-electron chi connectivity index (χ0n) is 10.9. The monoisotopic (exact) mass is 328 g/mol. The highest BCUT2D eigenvalue weighted by Gasteiger charge is 2.14. The topological polar surface area (TPSA) is 32.3 Å². The smallest absolute Gasteiger partial charge is 0.320 e. The average Bonchev–Trinajstić information content (AvgIpc) is 2.84. The van der Waals surface area contributed by atoms with Crippen molar-refractivity contribution in [2.24, 2.45) is 0 Å². The average molecular weight is 329 g/mol. The van der Waals surface area contributed by atoms with Crippen molar-refractivity contribution in [1.82, 2.24) is 4.90 Å². The molecule has 0 saturated heterocycles. The number of nitrogens with zero attached hydrogens (tertiary/aromatic N) is 1. The maximum absolute atomic E-state index is 12.2. The fraction of sp³-hybridized carbons (Fsp3) is 0.214. The second kappa shape index (κ2) is 6.97. The number of hydrogen-bond donors (Lipinski definition) is 1. The summed E-state index contributed by atoms with van der Waals surface area (Å²) in [5, 5.41) is 3.34. The molecule has 106 valence electrons. The Morgan fingerprint density at radius 1 is 1.25 bits per heavy atom. The molecule has 0 bridgehead atoms. The molecule has 1 aromatic carbocycles. The normalized spacial score (nSPS) is 10.3. The van der Waals surface area contributed by atoms with Crippen LogP contribution >= 0.6 is 34.5 Å². The van der Waals surface area contributed by atoms with Gasteiger partial charge in [0.25, 0.3) is 0 Å². The Kier molecular flexibility index (Phi) is 5.29. The molecule has 2 amide bonds. The van der Waals surface area contributed by atoms with E-state index >= 15 is 0 Å². The molecule has 2 rings (SSSR count). The van der Waals surface area contributed by atoms with Crippen LogP contribution in [0, 0.1) is 0 Å². The SMILES string of the molecule is CCN(Cc1ccc(Cl)s1)C(=O)Nc1ccccc1Cl. The number of anilines is 1. The lowest BCUT2D eigenvalue weighted by Crippen LogP contribution is -2.34. The molecule has 0 radical (unpaired) electrons. The number of rotatable bonds is 4. The van der Waals surface area contributed by atoms with Gasteiger partial charge in [-0.2, -0.15) is 0 Å². The van der Waals surface area contributed by atoms with Gasteiger partial charge in [0, 0.05) is 11.4 Å². The van der Waals surface area contributed by atoms with Gasteiger partial charge in [0.15, 0.2) is 0 Å². The summed E-state index contributed by atoms with van der Waals surface area (Å²) in [6.45, 7) is 3.07. The van der Waals surface area contributed by atoms with Crippen LogP contribution in [-0.2, 0) is 6.54 Å². The molecule has 1 N–H and O–H groups in total. The summed E-state index contributed by atoms with van der Waals surface area (Å²) in [6, 6.07) is 10.8. The first kappa shape index (κ1) is 15.2. The zero-order chi connectivity index (χ0) is 14.5. The Hall–Kier alpha value is -1.23. The molecule has 3 nitrogen and oxygen atoms in total. The van der Waals surface area contributed by atoms with E-state index in [-0.39, 0.29) is 6.03 Å². The van der Waals surface area contributed by atoms with Crippen molar-refractivity contribution in [3.05, 3.63) is 50.6 Å². The first-order valence-electron chi connectivity index (χ1n) is 6.15. The Labute approximate surface area is 132 Å². The van der Waals surface area contributed by atoms with E-state index in [1.165, 1.54) is 11.3 Å². The van der Waals surface area contributed by atoms with Gasteiger partial charge < -0.3 is 10.2 Å².